The van der Waals surface area contributed by atoms with Crippen LogP contribution >= 0.6 is 0 Å². The summed E-state index contributed by atoms with van der Waals surface area (Å²) in [4.78, 5) is 2.52. The van der Waals surface area contributed by atoms with Crippen LogP contribution in [0.4, 0.5) is 17.1 Å². The third-order valence-electron chi connectivity index (χ3n) is 15.7. The lowest BCUT2D eigenvalue weighted by atomic mass is 9.68. The van der Waals surface area contributed by atoms with Crippen molar-refractivity contribution < 1.29 is 0 Å². The first-order chi connectivity index (χ1) is 32.9. The van der Waals surface area contributed by atoms with Gasteiger partial charge in [-0.3, -0.25) is 0 Å². The monoisotopic (exact) mass is 855 g/mol. The lowest BCUT2D eigenvalue weighted by Crippen LogP contribution is -2.28. The van der Waals surface area contributed by atoms with Crippen LogP contribution in [0.3, 0.4) is 0 Å². The molecule has 0 N–H and O–H groups in total. The number of benzene rings is 10. The molecule has 0 unspecified atom stereocenters. The molecule has 1 heteroatoms. The first-order valence-corrected chi connectivity index (χ1v) is 23.7. The number of fused-ring (bicyclic) bond motifs is 9. The molecule has 0 heterocycles. The lowest BCUT2D eigenvalue weighted by Gasteiger charge is -2.34. The Balaban J connectivity index is 0.974. The minimum atomic E-state index is -0.507. The maximum atomic E-state index is 2.52. The van der Waals surface area contributed by atoms with Gasteiger partial charge in [-0.05, 0) is 126 Å². The molecule has 3 aliphatic carbocycles. The van der Waals surface area contributed by atoms with E-state index >= 15 is 0 Å². The molecule has 1 nitrogen and oxygen atoms in total. The van der Waals surface area contributed by atoms with Crippen molar-refractivity contribution >= 4 is 17.1 Å². The van der Waals surface area contributed by atoms with Crippen LogP contribution in [0.5, 0.6) is 0 Å². The van der Waals surface area contributed by atoms with Crippen LogP contribution in [0.25, 0.3) is 44.5 Å². The first-order valence-electron chi connectivity index (χ1n) is 23.7. The Kier molecular flexibility index (Phi) is 8.67. The summed E-state index contributed by atoms with van der Waals surface area (Å²) in [5, 5.41) is 0. The van der Waals surface area contributed by atoms with Gasteiger partial charge >= 0.3 is 0 Å². The van der Waals surface area contributed by atoms with E-state index in [1.165, 1.54) is 94.6 Å². The molecule has 10 aromatic rings. The predicted molar refractivity (Wildman–Crippen MR) is 279 cm³/mol. The van der Waals surface area contributed by atoms with Gasteiger partial charge in [0.1, 0.15) is 0 Å². The summed E-state index contributed by atoms with van der Waals surface area (Å²) < 4.78 is 0. The molecule has 0 fully saturated rings. The summed E-state index contributed by atoms with van der Waals surface area (Å²) in [5.41, 5.74) is 24.7. The van der Waals surface area contributed by atoms with E-state index in [1.807, 2.05) is 0 Å². The highest BCUT2D eigenvalue weighted by molar-refractivity contribution is 5.98. The SMILES string of the molecule is CC1(C)c2ccccc2-c2ccc(N(c3ccc(-c4ccc(C5(C)c6ccccc6-c6ccccc65)cc4)cc3)c3cccc4c3-c3ccccc3C4(c3ccccc3)c3ccccc3)cc21. The molecule has 0 spiro atoms. The summed E-state index contributed by atoms with van der Waals surface area (Å²) in [5.74, 6) is 0. The molecule has 0 aliphatic heterocycles. The summed E-state index contributed by atoms with van der Waals surface area (Å²) in [6.07, 6.45) is 0. The highest BCUT2D eigenvalue weighted by Gasteiger charge is 2.47. The Morgan fingerprint density at radius 1 is 0.299 bits per heavy atom. The maximum Gasteiger partial charge on any atom is 0.0714 e. The van der Waals surface area contributed by atoms with Crippen molar-refractivity contribution in [3.8, 4) is 44.5 Å². The van der Waals surface area contributed by atoms with Crippen molar-refractivity contribution in [2.24, 2.45) is 0 Å². The fourth-order valence-electron chi connectivity index (χ4n) is 12.5. The van der Waals surface area contributed by atoms with Gasteiger partial charge in [0.05, 0.1) is 11.1 Å². The van der Waals surface area contributed by atoms with Crippen LogP contribution in [0.15, 0.2) is 243 Å². The molecule has 10 aromatic carbocycles. The second kappa shape index (κ2) is 14.8. The summed E-state index contributed by atoms with van der Waals surface area (Å²) in [6.45, 7) is 7.14. The Morgan fingerprint density at radius 3 is 1.34 bits per heavy atom. The van der Waals surface area contributed by atoms with Crippen molar-refractivity contribution in [2.45, 2.75) is 37.0 Å². The predicted octanol–water partition coefficient (Wildman–Crippen LogP) is 16.8. The Labute approximate surface area is 394 Å². The number of hydrogen-bond donors (Lipinski definition) is 0. The van der Waals surface area contributed by atoms with Crippen LogP contribution in [0.1, 0.15) is 70.8 Å². The average molecular weight is 856 g/mol. The molecule has 0 bridgehead atoms. The first kappa shape index (κ1) is 39.4. The van der Waals surface area contributed by atoms with Gasteiger partial charge < -0.3 is 4.90 Å². The van der Waals surface area contributed by atoms with Crippen LogP contribution in [0, 0.1) is 0 Å². The van der Waals surface area contributed by atoms with Gasteiger partial charge in [-0.2, -0.15) is 0 Å². The zero-order chi connectivity index (χ0) is 44.9. The van der Waals surface area contributed by atoms with Gasteiger partial charge in [0.2, 0.25) is 0 Å². The molecule has 0 amide bonds. The van der Waals surface area contributed by atoms with Crippen molar-refractivity contribution in [3.05, 3.63) is 293 Å². The van der Waals surface area contributed by atoms with E-state index in [1.54, 1.807) is 0 Å². The fraction of sp³-hybridized carbons (Fsp3) is 0.0909. The van der Waals surface area contributed by atoms with Gasteiger partial charge in [0.15, 0.2) is 0 Å². The topological polar surface area (TPSA) is 3.24 Å². The second-order valence-corrected chi connectivity index (χ2v) is 19.3. The van der Waals surface area contributed by atoms with Gasteiger partial charge in [0, 0.05) is 27.8 Å². The largest absolute Gasteiger partial charge is 0.310 e. The third kappa shape index (κ3) is 5.55. The molecule has 67 heavy (non-hydrogen) atoms. The molecular formula is C66H49N. The van der Waals surface area contributed by atoms with E-state index in [2.05, 4.69) is 268 Å². The van der Waals surface area contributed by atoms with E-state index < -0.39 is 5.41 Å². The van der Waals surface area contributed by atoms with E-state index in [4.69, 9.17) is 0 Å². The van der Waals surface area contributed by atoms with E-state index in [-0.39, 0.29) is 10.8 Å². The van der Waals surface area contributed by atoms with E-state index in [0.29, 0.717) is 0 Å². The average Bonchev–Trinajstić information content (AvgIpc) is 3.94. The van der Waals surface area contributed by atoms with E-state index in [9.17, 15) is 0 Å². The van der Waals surface area contributed by atoms with Crippen molar-refractivity contribution in [1.82, 2.24) is 0 Å². The van der Waals surface area contributed by atoms with Gasteiger partial charge in [-0.15, -0.1) is 0 Å². The Hall–Kier alpha value is -8.00. The van der Waals surface area contributed by atoms with Crippen molar-refractivity contribution in [1.29, 1.82) is 0 Å². The molecular weight excluding hydrogens is 807 g/mol. The van der Waals surface area contributed by atoms with Crippen LogP contribution in [-0.2, 0) is 16.2 Å². The molecule has 0 saturated carbocycles. The summed E-state index contributed by atoms with van der Waals surface area (Å²) >= 11 is 0. The van der Waals surface area contributed by atoms with E-state index in [0.717, 1.165) is 17.1 Å². The van der Waals surface area contributed by atoms with Crippen LogP contribution < -0.4 is 4.90 Å². The zero-order valence-corrected chi connectivity index (χ0v) is 38.0. The molecule has 318 valence electrons. The van der Waals surface area contributed by atoms with Crippen molar-refractivity contribution in [2.75, 3.05) is 4.90 Å². The normalized spacial score (nSPS) is 14.9. The smallest absolute Gasteiger partial charge is 0.0714 e. The number of rotatable bonds is 7. The highest BCUT2D eigenvalue weighted by atomic mass is 15.1. The molecule has 13 rings (SSSR count). The van der Waals surface area contributed by atoms with Gasteiger partial charge in [-0.25, -0.2) is 0 Å². The standard InChI is InChI=1S/C66H49N/c1-64(2)56-27-14-10-23-51(56)54-42-41-50(43-61(54)64)67(62-32-18-31-60-63(62)55-26-13-17-30-59(55)66(60,47-19-6-4-7-20-47)48-21-8-5-9-22-48)49-39-35-45(36-40-49)44-33-37-46(38-34-44)65(3)57-28-15-11-24-52(57)53-25-12-16-29-58(53)65/h4-43H,1-3H3. The second-order valence-electron chi connectivity index (χ2n) is 19.3. The minimum absolute atomic E-state index is 0.148. The third-order valence-corrected chi connectivity index (χ3v) is 15.7. The molecule has 0 radical (unpaired) electrons. The quantitative estimate of drug-likeness (QED) is 0.154. The number of anilines is 3. The lowest BCUT2D eigenvalue weighted by molar-refractivity contribution is 0.660. The molecule has 3 aliphatic rings. The number of nitrogens with zero attached hydrogens (tertiary/aromatic N) is 1. The highest BCUT2D eigenvalue weighted by Crippen LogP contribution is 2.60. The number of hydrogen-bond acceptors (Lipinski definition) is 1. The van der Waals surface area contributed by atoms with Crippen LogP contribution in [0.2, 0.25) is 0 Å². The molecule has 0 aromatic heterocycles. The zero-order valence-electron chi connectivity index (χ0n) is 38.0. The van der Waals surface area contributed by atoms with Crippen molar-refractivity contribution in [3.63, 3.8) is 0 Å². The molecule has 0 atom stereocenters. The van der Waals surface area contributed by atoms with Crippen LogP contribution in [-0.4, -0.2) is 0 Å². The van der Waals surface area contributed by atoms with Gasteiger partial charge in [0.25, 0.3) is 0 Å². The summed E-state index contributed by atoms with van der Waals surface area (Å²) in [6, 6.07) is 90.8. The Morgan fingerprint density at radius 2 is 0.746 bits per heavy atom. The van der Waals surface area contributed by atoms with Gasteiger partial charge in [-0.1, -0.05) is 226 Å². The summed E-state index contributed by atoms with van der Waals surface area (Å²) in [7, 11) is 0. The molecule has 0 saturated heterocycles. The Bertz CT molecular complexity index is 3460. The maximum absolute atomic E-state index is 2.52. The fourth-order valence-corrected chi connectivity index (χ4v) is 12.5. The minimum Gasteiger partial charge on any atom is -0.310 e.